The van der Waals surface area contributed by atoms with E-state index < -0.39 is 0 Å². The second-order valence-electron chi connectivity index (χ2n) is 2.62. The van der Waals surface area contributed by atoms with E-state index in [1.54, 1.807) is 0 Å². The zero-order chi connectivity index (χ0) is 9.84. The van der Waals surface area contributed by atoms with Crippen LogP contribution in [0.3, 0.4) is 0 Å². The lowest BCUT2D eigenvalue weighted by Gasteiger charge is -2.04. The lowest BCUT2D eigenvalue weighted by Crippen LogP contribution is -2.22. The van der Waals surface area contributed by atoms with Gasteiger partial charge in [-0.25, -0.2) is 5.48 Å². The largest absolute Gasteiger partial charge is 0.277 e. The zero-order valence-electron chi connectivity index (χ0n) is 7.43. The molecule has 0 fully saturated rings. The van der Waals surface area contributed by atoms with E-state index in [9.17, 15) is 4.79 Å². The Morgan fingerprint density at radius 1 is 1.54 bits per heavy atom. The molecule has 0 bridgehead atoms. The molecule has 1 rings (SSSR count). The summed E-state index contributed by atoms with van der Waals surface area (Å²) in [7, 11) is 1.42. The number of carbonyl (C=O) groups excluding carboxylic acids is 1. The molecule has 1 N–H and O–H groups in total. The molecule has 0 heterocycles. The third-order valence-electron chi connectivity index (χ3n) is 1.56. The number of nitrogens with one attached hydrogen (secondary N) is 1. The summed E-state index contributed by atoms with van der Waals surface area (Å²) in [4.78, 5) is 15.9. The molecule has 70 valence electrons. The van der Waals surface area contributed by atoms with Crippen LogP contribution < -0.4 is 5.48 Å². The van der Waals surface area contributed by atoms with Gasteiger partial charge in [-0.15, -0.1) is 0 Å². The minimum Gasteiger partial charge on any atom is -0.277 e. The Labute approximate surface area is 90.6 Å². The van der Waals surface area contributed by atoms with Crippen LogP contribution in [0.2, 0.25) is 0 Å². The average molecular weight is 291 g/mol. The van der Waals surface area contributed by atoms with Crippen molar-refractivity contribution in [2.24, 2.45) is 0 Å². The molecule has 0 radical (unpaired) electrons. The van der Waals surface area contributed by atoms with Crippen LogP contribution in [0.5, 0.6) is 0 Å². The number of hydrogen-bond donors (Lipinski definition) is 1. The van der Waals surface area contributed by atoms with E-state index in [2.05, 4.69) is 32.9 Å². The zero-order valence-corrected chi connectivity index (χ0v) is 9.58. The van der Waals surface area contributed by atoms with Gasteiger partial charge in [0, 0.05) is 3.57 Å². The van der Waals surface area contributed by atoms with Crippen LogP contribution in [0.1, 0.15) is 15.9 Å². The summed E-state index contributed by atoms with van der Waals surface area (Å²) in [5, 5.41) is 0. The predicted octanol–water partition coefficient (Wildman–Crippen LogP) is 1.89. The quantitative estimate of drug-likeness (QED) is 0.667. The van der Waals surface area contributed by atoms with Crippen LogP contribution in [-0.2, 0) is 4.84 Å². The Kier molecular flexibility index (Phi) is 3.68. The summed E-state index contributed by atoms with van der Waals surface area (Å²) in [6.45, 7) is 1.94. The van der Waals surface area contributed by atoms with E-state index in [0.29, 0.717) is 5.56 Å². The maximum atomic E-state index is 11.4. The topological polar surface area (TPSA) is 38.3 Å². The van der Waals surface area contributed by atoms with E-state index >= 15 is 0 Å². The maximum absolute atomic E-state index is 11.4. The van der Waals surface area contributed by atoms with Crippen LogP contribution in [-0.4, -0.2) is 13.0 Å². The van der Waals surface area contributed by atoms with Gasteiger partial charge in [0.1, 0.15) is 0 Å². The van der Waals surface area contributed by atoms with Gasteiger partial charge in [-0.2, -0.15) is 0 Å². The first-order valence-corrected chi connectivity index (χ1v) is 4.82. The van der Waals surface area contributed by atoms with E-state index in [4.69, 9.17) is 0 Å². The highest BCUT2D eigenvalue weighted by Gasteiger charge is 2.08. The monoisotopic (exact) mass is 291 g/mol. The van der Waals surface area contributed by atoms with E-state index in [0.717, 1.165) is 9.13 Å². The summed E-state index contributed by atoms with van der Waals surface area (Å²) >= 11 is 2.12. The summed E-state index contributed by atoms with van der Waals surface area (Å²) in [6.07, 6.45) is 0. The van der Waals surface area contributed by atoms with Gasteiger partial charge < -0.3 is 0 Å². The fourth-order valence-corrected chi connectivity index (χ4v) is 1.54. The molecule has 13 heavy (non-hydrogen) atoms. The Morgan fingerprint density at radius 3 is 2.85 bits per heavy atom. The van der Waals surface area contributed by atoms with Gasteiger partial charge >= 0.3 is 0 Å². The van der Waals surface area contributed by atoms with Crippen molar-refractivity contribution < 1.29 is 9.63 Å². The highest BCUT2D eigenvalue weighted by molar-refractivity contribution is 14.1. The molecule has 0 atom stereocenters. The number of benzene rings is 1. The molecule has 0 aliphatic carbocycles. The average Bonchev–Trinajstić information content (AvgIpc) is 2.09. The number of hydroxylamine groups is 1. The second-order valence-corrected chi connectivity index (χ2v) is 3.78. The number of rotatable bonds is 2. The molecule has 4 heteroatoms. The van der Waals surface area contributed by atoms with Crippen molar-refractivity contribution in [3.63, 3.8) is 0 Å². The minimum absolute atomic E-state index is 0.212. The van der Waals surface area contributed by atoms with Crippen LogP contribution in [0.4, 0.5) is 0 Å². The minimum atomic E-state index is -0.212. The highest BCUT2D eigenvalue weighted by atomic mass is 127. The van der Waals surface area contributed by atoms with Gasteiger partial charge in [0.2, 0.25) is 0 Å². The number of carbonyl (C=O) groups is 1. The van der Waals surface area contributed by atoms with Gasteiger partial charge in [-0.3, -0.25) is 9.63 Å². The van der Waals surface area contributed by atoms with Crippen molar-refractivity contribution in [3.8, 4) is 0 Å². The van der Waals surface area contributed by atoms with Crippen molar-refractivity contribution in [2.75, 3.05) is 7.11 Å². The Morgan fingerprint density at radius 2 is 2.23 bits per heavy atom. The lowest BCUT2D eigenvalue weighted by atomic mass is 10.1. The molecule has 1 aromatic carbocycles. The van der Waals surface area contributed by atoms with Crippen LogP contribution in [0.25, 0.3) is 0 Å². The number of amides is 1. The molecule has 0 saturated heterocycles. The number of halogens is 1. The van der Waals surface area contributed by atoms with Gasteiger partial charge in [-0.05, 0) is 41.6 Å². The van der Waals surface area contributed by atoms with Crippen molar-refractivity contribution >= 4 is 28.5 Å². The molecule has 0 spiro atoms. The predicted molar refractivity (Wildman–Crippen MR) is 58.4 cm³/mol. The first kappa shape index (κ1) is 10.5. The number of hydrogen-bond acceptors (Lipinski definition) is 2. The maximum Gasteiger partial charge on any atom is 0.275 e. The Bertz CT molecular complexity index is 325. The Balaban J connectivity index is 2.99. The van der Waals surface area contributed by atoms with Crippen LogP contribution in [0.15, 0.2) is 18.2 Å². The molecule has 0 aliphatic rings. The summed E-state index contributed by atoms with van der Waals surface area (Å²) in [5.74, 6) is -0.212. The third-order valence-corrected chi connectivity index (χ3v) is 2.50. The van der Waals surface area contributed by atoms with E-state index in [1.165, 1.54) is 7.11 Å². The van der Waals surface area contributed by atoms with Crippen LogP contribution in [0, 0.1) is 10.5 Å². The molecule has 0 saturated carbocycles. The normalized spacial score (nSPS) is 9.77. The first-order chi connectivity index (χ1) is 6.15. The molecular formula is C9H10INO2. The lowest BCUT2D eigenvalue weighted by molar-refractivity contribution is 0.0536. The summed E-state index contributed by atoms with van der Waals surface area (Å²) < 4.78 is 0.915. The molecule has 3 nitrogen and oxygen atoms in total. The van der Waals surface area contributed by atoms with Gasteiger partial charge in [0.05, 0.1) is 12.7 Å². The van der Waals surface area contributed by atoms with Gasteiger partial charge in [-0.1, -0.05) is 11.6 Å². The van der Waals surface area contributed by atoms with E-state index in [1.807, 2.05) is 25.1 Å². The van der Waals surface area contributed by atoms with Crippen molar-refractivity contribution in [3.05, 3.63) is 32.9 Å². The fourth-order valence-electron chi connectivity index (χ4n) is 0.961. The Hall–Kier alpha value is -0.620. The van der Waals surface area contributed by atoms with Crippen molar-refractivity contribution in [1.29, 1.82) is 0 Å². The highest BCUT2D eigenvalue weighted by Crippen LogP contribution is 2.13. The van der Waals surface area contributed by atoms with Gasteiger partial charge in [0.15, 0.2) is 0 Å². The van der Waals surface area contributed by atoms with E-state index in [-0.39, 0.29) is 5.91 Å². The summed E-state index contributed by atoms with van der Waals surface area (Å²) in [6, 6.07) is 5.70. The van der Waals surface area contributed by atoms with Crippen LogP contribution >= 0.6 is 22.6 Å². The SMILES string of the molecule is CONC(=O)c1cc(C)ccc1I. The molecule has 0 aromatic heterocycles. The molecule has 1 aromatic rings. The van der Waals surface area contributed by atoms with Crippen molar-refractivity contribution in [1.82, 2.24) is 5.48 Å². The summed E-state index contributed by atoms with van der Waals surface area (Å²) in [5.41, 5.74) is 3.98. The van der Waals surface area contributed by atoms with Gasteiger partial charge in [0.25, 0.3) is 5.91 Å². The fraction of sp³-hybridized carbons (Fsp3) is 0.222. The molecule has 1 amide bonds. The third kappa shape index (κ3) is 2.67. The number of aryl methyl sites for hydroxylation is 1. The molecule has 0 unspecified atom stereocenters. The standard InChI is InChI=1S/C9H10INO2/c1-6-3-4-8(10)7(5-6)9(12)11-13-2/h3-5H,1-2H3,(H,11,12). The first-order valence-electron chi connectivity index (χ1n) is 3.74. The molecule has 0 aliphatic heterocycles. The smallest absolute Gasteiger partial charge is 0.275 e. The molecular weight excluding hydrogens is 281 g/mol. The van der Waals surface area contributed by atoms with Crippen molar-refractivity contribution in [2.45, 2.75) is 6.92 Å². The second kappa shape index (κ2) is 4.57.